The number of amides is 1. The van der Waals surface area contributed by atoms with E-state index in [-0.39, 0.29) is 33.3 Å². The number of anilines is 2. The molecule has 0 unspecified atom stereocenters. The van der Waals surface area contributed by atoms with Crippen molar-refractivity contribution in [2.24, 2.45) is 7.05 Å². The van der Waals surface area contributed by atoms with E-state index >= 15 is 0 Å². The maximum absolute atomic E-state index is 14.8. The highest BCUT2D eigenvalue weighted by molar-refractivity contribution is 7.89. The van der Waals surface area contributed by atoms with Crippen LogP contribution in [0.25, 0.3) is 10.9 Å². The van der Waals surface area contributed by atoms with Crippen LogP contribution >= 0.6 is 11.6 Å². The Balaban J connectivity index is 1.56. The third-order valence-electron chi connectivity index (χ3n) is 6.52. The van der Waals surface area contributed by atoms with Gasteiger partial charge in [-0.25, -0.2) is 31.9 Å². The van der Waals surface area contributed by atoms with Gasteiger partial charge in [0.1, 0.15) is 16.8 Å². The molecule has 4 aromatic rings. The molecule has 1 aliphatic heterocycles. The summed E-state index contributed by atoms with van der Waals surface area (Å²) in [5.74, 6) is -1.73. The number of hydrogen-bond acceptors (Lipinski definition) is 8. The van der Waals surface area contributed by atoms with Gasteiger partial charge in [0.15, 0.2) is 5.69 Å². The lowest BCUT2D eigenvalue weighted by atomic mass is 10.0. The molecular formula is C26H23ClF2N6O4S. The smallest absolute Gasteiger partial charge is 0.285 e. The van der Waals surface area contributed by atoms with E-state index in [4.69, 9.17) is 16.6 Å². The number of hydrogen-bond donors (Lipinski definition) is 2. The first-order valence-electron chi connectivity index (χ1n) is 12.0. The van der Waals surface area contributed by atoms with Gasteiger partial charge in [-0.2, -0.15) is 0 Å². The Hall–Kier alpha value is -4.10. The molecule has 2 aromatic heterocycles. The summed E-state index contributed by atoms with van der Waals surface area (Å²) in [4.78, 5) is 36.5. The molecule has 0 aliphatic carbocycles. The second-order valence-corrected chi connectivity index (χ2v) is 11.7. The Morgan fingerprint density at radius 3 is 2.50 bits per heavy atom. The van der Waals surface area contributed by atoms with Crippen molar-refractivity contribution in [1.29, 1.82) is 0 Å². The predicted octanol–water partition coefficient (Wildman–Crippen LogP) is 3.64. The van der Waals surface area contributed by atoms with Crippen molar-refractivity contribution in [3.8, 4) is 0 Å². The molecule has 14 heteroatoms. The fraction of sp³-hybridized carbons (Fsp3) is 0.231. The molecule has 0 radical (unpaired) electrons. The highest BCUT2D eigenvalue weighted by atomic mass is 35.5. The summed E-state index contributed by atoms with van der Waals surface area (Å²) in [7, 11) is -2.36. The van der Waals surface area contributed by atoms with Gasteiger partial charge in [-0.3, -0.25) is 14.2 Å². The van der Waals surface area contributed by atoms with Crippen molar-refractivity contribution in [3.63, 3.8) is 0 Å². The second kappa shape index (κ2) is 10.1. The van der Waals surface area contributed by atoms with Gasteiger partial charge in [0.2, 0.25) is 16.0 Å². The second-order valence-electron chi connectivity index (χ2n) is 9.54. The van der Waals surface area contributed by atoms with Crippen LogP contribution in [0.15, 0.2) is 47.3 Å². The minimum atomic E-state index is -3.89. The number of rotatable bonds is 6. The number of carbonyl (C=O) groups is 1. The standard InChI is InChI=1S/C26H23ClF2N6O4S/c1-13(30-20-6-7-21(27)31-23(20)24(36)33-40(3,38)39)18-9-17(29)10-19-22(18)32-26(34(2)25(19)37)35-11-14-4-5-16(28)8-15(14)12-35/h4-10,13,30H,11-12H2,1-3H3,(H,33,36)/t13-/m1/s1. The van der Waals surface area contributed by atoms with E-state index in [9.17, 15) is 26.8 Å². The Morgan fingerprint density at radius 2 is 1.77 bits per heavy atom. The van der Waals surface area contributed by atoms with Gasteiger partial charge < -0.3 is 10.2 Å². The van der Waals surface area contributed by atoms with Crippen LogP contribution in [0.1, 0.15) is 40.1 Å². The van der Waals surface area contributed by atoms with Gasteiger partial charge in [0, 0.05) is 25.7 Å². The number of fused-ring (bicyclic) bond motifs is 2. The molecule has 1 atom stereocenters. The lowest BCUT2D eigenvalue weighted by Crippen LogP contribution is -2.31. The van der Waals surface area contributed by atoms with Gasteiger partial charge in [-0.15, -0.1) is 0 Å². The Morgan fingerprint density at radius 1 is 1.05 bits per heavy atom. The number of nitrogens with zero attached hydrogens (tertiary/aromatic N) is 4. The quantitative estimate of drug-likeness (QED) is 0.327. The maximum Gasteiger partial charge on any atom is 0.285 e. The van der Waals surface area contributed by atoms with E-state index in [1.54, 1.807) is 13.0 Å². The summed E-state index contributed by atoms with van der Waals surface area (Å²) < 4.78 is 54.9. The summed E-state index contributed by atoms with van der Waals surface area (Å²) in [6.07, 6.45) is 0.823. The van der Waals surface area contributed by atoms with Crippen LogP contribution in [0.3, 0.4) is 0 Å². The Kier molecular flexibility index (Phi) is 6.96. The highest BCUT2D eigenvalue weighted by Gasteiger charge is 2.26. The van der Waals surface area contributed by atoms with Crippen LogP contribution in [0, 0.1) is 11.6 Å². The van der Waals surface area contributed by atoms with Crippen molar-refractivity contribution in [2.75, 3.05) is 16.5 Å². The van der Waals surface area contributed by atoms with Gasteiger partial charge in [0.25, 0.3) is 11.5 Å². The van der Waals surface area contributed by atoms with E-state index in [0.29, 0.717) is 24.6 Å². The highest BCUT2D eigenvalue weighted by Crippen LogP contribution is 2.31. The summed E-state index contributed by atoms with van der Waals surface area (Å²) in [5, 5.41) is 3.03. The third-order valence-corrected chi connectivity index (χ3v) is 7.28. The van der Waals surface area contributed by atoms with Crippen LogP contribution in [-0.4, -0.2) is 35.1 Å². The molecule has 0 saturated heterocycles. The van der Waals surface area contributed by atoms with Gasteiger partial charge in [0.05, 0.1) is 28.9 Å². The molecule has 1 amide bonds. The number of sulfonamides is 1. The monoisotopic (exact) mass is 588 g/mol. The van der Waals surface area contributed by atoms with Crippen LogP contribution in [0.2, 0.25) is 5.15 Å². The number of pyridine rings is 1. The molecule has 40 heavy (non-hydrogen) atoms. The molecule has 0 fully saturated rings. The SMILES string of the molecule is C[C@@H](Nc1ccc(Cl)nc1C(=O)NS(C)(=O)=O)c1cc(F)cc2c(=O)n(C)c(N3Cc4ccc(F)cc4C3)nc12. The van der Waals surface area contributed by atoms with E-state index in [0.717, 1.165) is 23.4 Å². The average Bonchev–Trinajstić information content (AvgIpc) is 3.28. The minimum absolute atomic E-state index is 0.0435. The molecule has 0 bridgehead atoms. The number of aromatic nitrogens is 3. The first-order chi connectivity index (χ1) is 18.8. The minimum Gasteiger partial charge on any atom is -0.377 e. The molecule has 0 spiro atoms. The normalized spacial score (nSPS) is 13.8. The third kappa shape index (κ3) is 5.34. The van der Waals surface area contributed by atoms with Gasteiger partial charge in [-0.1, -0.05) is 17.7 Å². The molecule has 1 aliphatic rings. The summed E-state index contributed by atoms with van der Waals surface area (Å²) >= 11 is 5.95. The molecule has 2 N–H and O–H groups in total. The van der Waals surface area contributed by atoms with Crippen LogP contribution < -0.4 is 20.5 Å². The van der Waals surface area contributed by atoms with E-state index in [2.05, 4.69) is 10.3 Å². The first kappa shape index (κ1) is 27.5. The zero-order chi connectivity index (χ0) is 28.9. The van der Waals surface area contributed by atoms with Crippen LogP contribution in [-0.2, 0) is 30.2 Å². The molecule has 3 heterocycles. The molecular weight excluding hydrogens is 566 g/mol. The number of nitrogens with one attached hydrogen (secondary N) is 2. The zero-order valence-electron chi connectivity index (χ0n) is 21.5. The van der Waals surface area contributed by atoms with Crippen LogP contribution in [0.5, 0.6) is 0 Å². The van der Waals surface area contributed by atoms with Crippen molar-refractivity contribution in [3.05, 3.63) is 92.0 Å². The number of carbonyl (C=O) groups excluding carboxylic acids is 1. The van der Waals surface area contributed by atoms with E-state index in [1.165, 1.54) is 41.9 Å². The number of halogens is 3. The fourth-order valence-corrected chi connectivity index (χ4v) is 5.31. The Labute approximate surface area is 232 Å². The zero-order valence-corrected chi connectivity index (χ0v) is 23.1. The maximum atomic E-state index is 14.8. The van der Waals surface area contributed by atoms with Gasteiger partial charge in [-0.05, 0) is 54.4 Å². The topological polar surface area (TPSA) is 126 Å². The summed E-state index contributed by atoms with van der Waals surface area (Å²) in [6, 6.07) is 8.94. The predicted molar refractivity (Wildman–Crippen MR) is 147 cm³/mol. The largest absolute Gasteiger partial charge is 0.377 e. The molecule has 10 nitrogen and oxygen atoms in total. The van der Waals surface area contributed by atoms with Crippen LogP contribution in [0.4, 0.5) is 20.4 Å². The average molecular weight is 589 g/mol. The van der Waals surface area contributed by atoms with Crippen molar-refractivity contribution in [1.82, 2.24) is 19.3 Å². The van der Waals surface area contributed by atoms with Crippen molar-refractivity contribution < 1.29 is 22.0 Å². The summed E-state index contributed by atoms with van der Waals surface area (Å²) in [6.45, 7) is 2.40. The number of benzene rings is 2. The first-order valence-corrected chi connectivity index (χ1v) is 14.3. The fourth-order valence-electron chi connectivity index (χ4n) is 4.72. The molecule has 2 aromatic carbocycles. The molecule has 0 saturated carbocycles. The van der Waals surface area contributed by atoms with Crippen molar-refractivity contribution in [2.45, 2.75) is 26.1 Å². The lowest BCUT2D eigenvalue weighted by Gasteiger charge is -2.23. The summed E-state index contributed by atoms with van der Waals surface area (Å²) in [5.41, 5.74) is 1.57. The van der Waals surface area contributed by atoms with Crippen molar-refractivity contribution >= 4 is 50.1 Å². The molecule has 208 valence electrons. The van der Waals surface area contributed by atoms with E-state index in [1.807, 2.05) is 9.62 Å². The Bertz CT molecular complexity index is 1860. The molecule has 5 rings (SSSR count). The van der Waals surface area contributed by atoms with E-state index < -0.39 is 33.3 Å². The van der Waals surface area contributed by atoms with Gasteiger partial charge >= 0.3 is 0 Å². The lowest BCUT2D eigenvalue weighted by molar-refractivity contribution is 0.0977.